The molecule has 1 amide bonds. The lowest BCUT2D eigenvalue weighted by atomic mass is 9.99. The summed E-state index contributed by atoms with van der Waals surface area (Å²) in [6.07, 6.45) is 3.31. The van der Waals surface area contributed by atoms with Gasteiger partial charge >= 0.3 is 5.97 Å². The van der Waals surface area contributed by atoms with E-state index in [1.807, 2.05) is 42.5 Å². The van der Waals surface area contributed by atoms with E-state index in [2.05, 4.69) is 21.8 Å². The number of carboxylic acids is 1. The van der Waals surface area contributed by atoms with Crippen LogP contribution in [0.3, 0.4) is 0 Å². The van der Waals surface area contributed by atoms with Gasteiger partial charge in [-0.25, -0.2) is 14.8 Å². The van der Waals surface area contributed by atoms with Crippen LogP contribution in [0.2, 0.25) is 0 Å². The van der Waals surface area contributed by atoms with Crippen LogP contribution >= 0.6 is 0 Å². The molecule has 0 aliphatic heterocycles. The van der Waals surface area contributed by atoms with Crippen LogP contribution in [0.15, 0.2) is 60.7 Å². The number of fused-ring (bicyclic) bond motifs is 1. The van der Waals surface area contributed by atoms with Crippen LogP contribution in [0.4, 0.5) is 5.82 Å². The number of aromatic carboxylic acids is 1. The molecule has 0 saturated heterocycles. The Balaban J connectivity index is 1.68. The molecule has 4 aromatic rings. The zero-order valence-corrected chi connectivity index (χ0v) is 19.4. The first-order valence-electron chi connectivity index (χ1n) is 11.6. The van der Waals surface area contributed by atoms with Crippen LogP contribution < -0.4 is 5.32 Å². The molecule has 2 aromatic heterocycles. The van der Waals surface area contributed by atoms with Gasteiger partial charge in [-0.05, 0) is 41.3 Å². The van der Waals surface area contributed by atoms with E-state index < -0.39 is 5.97 Å². The molecule has 7 nitrogen and oxygen atoms in total. The monoisotopic (exact) mass is 456 g/mol. The number of aromatic nitrogens is 3. The second kappa shape index (κ2) is 10.3. The number of aryl methyl sites for hydroxylation is 1. The van der Waals surface area contributed by atoms with Gasteiger partial charge in [-0.1, -0.05) is 62.7 Å². The minimum absolute atomic E-state index is 0.0821. The highest BCUT2D eigenvalue weighted by molar-refractivity contribution is 5.96. The zero-order valence-electron chi connectivity index (χ0n) is 19.4. The topological polar surface area (TPSA) is 97.1 Å². The molecular formula is C27H28N4O3. The van der Waals surface area contributed by atoms with Crippen molar-refractivity contribution in [1.82, 2.24) is 14.5 Å². The van der Waals surface area contributed by atoms with E-state index in [0.717, 1.165) is 47.4 Å². The van der Waals surface area contributed by atoms with E-state index in [1.54, 1.807) is 25.1 Å². The molecule has 2 aromatic carbocycles. The highest BCUT2D eigenvalue weighted by atomic mass is 16.4. The normalized spacial score (nSPS) is 11.0. The molecule has 7 heteroatoms. The van der Waals surface area contributed by atoms with Crippen LogP contribution in [0.5, 0.6) is 0 Å². The predicted molar refractivity (Wildman–Crippen MR) is 133 cm³/mol. The molecule has 2 heterocycles. The Kier molecular flexibility index (Phi) is 7.01. The highest BCUT2D eigenvalue weighted by Crippen LogP contribution is 2.25. The number of benzene rings is 2. The average molecular weight is 457 g/mol. The van der Waals surface area contributed by atoms with Gasteiger partial charge in [0.2, 0.25) is 5.91 Å². The third-order valence-corrected chi connectivity index (χ3v) is 5.78. The molecule has 0 radical (unpaired) electrons. The molecule has 0 saturated carbocycles. The SMILES string of the molecule is CCCCc1nc2ccc(NC(=O)CC)nc2n1Cc1ccc(-c2ccccc2C(=O)O)cc1. The van der Waals surface area contributed by atoms with Crippen molar-refractivity contribution in [3.05, 3.63) is 77.6 Å². The number of nitrogens with zero attached hydrogens (tertiary/aromatic N) is 3. The van der Waals surface area contributed by atoms with Crippen molar-refractivity contribution in [1.29, 1.82) is 0 Å². The van der Waals surface area contributed by atoms with E-state index in [9.17, 15) is 14.7 Å². The molecule has 0 aliphatic carbocycles. The van der Waals surface area contributed by atoms with Crippen molar-refractivity contribution in [2.24, 2.45) is 0 Å². The predicted octanol–water partition coefficient (Wildman–Crippen LogP) is 5.54. The van der Waals surface area contributed by atoms with E-state index in [0.29, 0.717) is 24.3 Å². The highest BCUT2D eigenvalue weighted by Gasteiger charge is 2.15. The smallest absolute Gasteiger partial charge is 0.336 e. The number of rotatable bonds is 9. The molecule has 174 valence electrons. The summed E-state index contributed by atoms with van der Waals surface area (Å²) in [6.45, 7) is 4.53. The van der Waals surface area contributed by atoms with E-state index >= 15 is 0 Å². The molecular weight excluding hydrogens is 428 g/mol. The summed E-state index contributed by atoms with van der Waals surface area (Å²) in [5.41, 5.74) is 4.41. The van der Waals surface area contributed by atoms with Crippen LogP contribution in [-0.2, 0) is 17.8 Å². The number of unbranched alkanes of at least 4 members (excludes halogenated alkanes) is 1. The molecule has 0 unspecified atom stereocenters. The molecule has 2 N–H and O–H groups in total. The number of amides is 1. The van der Waals surface area contributed by atoms with Gasteiger partial charge in [0.1, 0.15) is 17.2 Å². The fraction of sp³-hybridized carbons (Fsp3) is 0.259. The maximum absolute atomic E-state index is 11.8. The van der Waals surface area contributed by atoms with Gasteiger partial charge in [0.25, 0.3) is 0 Å². The molecule has 0 spiro atoms. The van der Waals surface area contributed by atoms with Crippen LogP contribution in [-0.4, -0.2) is 31.5 Å². The number of pyridine rings is 1. The van der Waals surface area contributed by atoms with Gasteiger partial charge in [-0.2, -0.15) is 0 Å². The first-order chi connectivity index (χ1) is 16.5. The fourth-order valence-corrected chi connectivity index (χ4v) is 3.93. The maximum Gasteiger partial charge on any atom is 0.336 e. The van der Waals surface area contributed by atoms with Crippen LogP contribution in [0.1, 0.15) is 54.9 Å². The number of imidazole rings is 1. The lowest BCUT2D eigenvalue weighted by Crippen LogP contribution is -2.11. The van der Waals surface area contributed by atoms with Crippen molar-refractivity contribution in [2.45, 2.75) is 46.1 Å². The lowest BCUT2D eigenvalue weighted by Gasteiger charge is -2.11. The van der Waals surface area contributed by atoms with E-state index in [4.69, 9.17) is 4.98 Å². The molecule has 4 rings (SSSR count). The number of carbonyl (C=O) groups excluding carboxylic acids is 1. The summed E-state index contributed by atoms with van der Waals surface area (Å²) < 4.78 is 2.10. The standard InChI is InChI=1S/C27H28N4O3/c1-3-5-10-24-28-22-15-16-23(29-25(32)4-2)30-26(22)31(24)17-18-11-13-19(14-12-18)20-8-6-7-9-21(20)27(33)34/h6-9,11-16H,3-5,10,17H2,1-2H3,(H,33,34)(H,29,30,32). The number of carbonyl (C=O) groups is 2. The third kappa shape index (κ3) is 4.98. The van der Waals surface area contributed by atoms with Gasteiger partial charge in [-0.15, -0.1) is 0 Å². The van der Waals surface area contributed by atoms with Crippen molar-refractivity contribution in [3.63, 3.8) is 0 Å². The molecule has 0 bridgehead atoms. The summed E-state index contributed by atoms with van der Waals surface area (Å²) in [6, 6.07) is 18.6. The molecule has 0 atom stereocenters. The van der Waals surface area contributed by atoms with Crippen molar-refractivity contribution in [2.75, 3.05) is 5.32 Å². The Morgan fingerprint density at radius 1 is 0.971 bits per heavy atom. The van der Waals surface area contributed by atoms with Gasteiger partial charge in [0.15, 0.2) is 5.65 Å². The lowest BCUT2D eigenvalue weighted by molar-refractivity contribution is -0.115. The Morgan fingerprint density at radius 2 is 1.74 bits per heavy atom. The van der Waals surface area contributed by atoms with E-state index in [-0.39, 0.29) is 11.5 Å². The third-order valence-electron chi connectivity index (χ3n) is 5.78. The summed E-state index contributed by atoms with van der Waals surface area (Å²) in [4.78, 5) is 32.9. The largest absolute Gasteiger partial charge is 0.478 e. The summed E-state index contributed by atoms with van der Waals surface area (Å²) in [5.74, 6) is 0.454. The summed E-state index contributed by atoms with van der Waals surface area (Å²) in [7, 11) is 0. The number of nitrogens with one attached hydrogen (secondary N) is 1. The number of carboxylic acid groups (broad SMARTS) is 1. The van der Waals surface area contributed by atoms with Crippen molar-refractivity contribution in [3.8, 4) is 11.1 Å². The molecule has 0 aliphatic rings. The quantitative estimate of drug-likeness (QED) is 0.345. The van der Waals surface area contributed by atoms with Gasteiger partial charge in [-0.3, -0.25) is 4.79 Å². The second-order valence-electron chi connectivity index (χ2n) is 8.21. The van der Waals surface area contributed by atoms with Gasteiger partial charge in [0.05, 0.1) is 12.1 Å². The Morgan fingerprint density at radius 3 is 2.44 bits per heavy atom. The number of anilines is 1. The number of hydrogen-bond acceptors (Lipinski definition) is 4. The van der Waals surface area contributed by atoms with Gasteiger partial charge < -0.3 is 15.0 Å². The van der Waals surface area contributed by atoms with Crippen molar-refractivity contribution < 1.29 is 14.7 Å². The zero-order chi connectivity index (χ0) is 24.1. The van der Waals surface area contributed by atoms with Gasteiger partial charge in [0, 0.05) is 12.8 Å². The first-order valence-corrected chi connectivity index (χ1v) is 11.6. The summed E-state index contributed by atoms with van der Waals surface area (Å²) >= 11 is 0. The minimum Gasteiger partial charge on any atom is -0.478 e. The average Bonchev–Trinajstić information content (AvgIpc) is 3.19. The Labute approximate surface area is 198 Å². The number of hydrogen-bond donors (Lipinski definition) is 2. The fourth-order valence-electron chi connectivity index (χ4n) is 3.93. The van der Waals surface area contributed by atoms with Crippen LogP contribution in [0, 0.1) is 0 Å². The molecule has 0 fully saturated rings. The minimum atomic E-state index is -0.942. The Bertz CT molecular complexity index is 1330. The summed E-state index contributed by atoms with van der Waals surface area (Å²) in [5, 5.41) is 12.3. The first kappa shape index (κ1) is 23.2. The molecule has 34 heavy (non-hydrogen) atoms. The van der Waals surface area contributed by atoms with Crippen LogP contribution in [0.25, 0.3) is 22.3 Å². The Hall–Kier alpha value is -4.00. The van der Waals surface area contributed by atoms with Crippen molar-refractivity contribution >= 4 is 28.9 Å². The maximum atomic E-state index is 11.8. The second-order valence-corrected chi connectivity index (χ2v) is 8.21. The van der Waals surface area contributed by atoms with E-state index in [1.165, 1.54) is 0 Å².